The average Bonchev–Trinajstić information content (AvgIpc) is 2.55. The minimum Gasteiger partial charge on any atom is -0.363 e. The van der Waals surface area contributed by atoms with Crippen molar-refractivity contribution in [3.63, 3.8) is 0 Å². The molecular weight excluding hydrogens is 212 g/mol. The summed E-state index contributed by atoms with van der Waals surface area (Å²) in [5, 5.41) is 11.9. The average molecular weight is 226 g/mol. The summed E-state index contributed by atoms with van der Waals surface area (Å²) in [7, 11) is 0. The number of thiophene rings is 1. The van der Waals surface area contributed by atoms with Gasteiger partial charge in [-0.2, -0.15) is 0 Å². The van der Waals surface area contributed by atoms with Crippen LogP contribution in [0.25, 0.3) is 0 Å². The maximum atomic E-state index is 10.6. The number of rotatable bonds is 2. The number of anilines is 1. The second-order valence-electron chi connectivity index (χ2n) is 3.77. The van der Waals surface area contributed by atoms with Crippen molar-refractivity contribution in [3.8, 4) is 0 Å². The quantitative estimate of drug-likeness (QED) is 0.575. The summed E-state index contributed by atoms with van der Waals surface area (Å²) in [5.41, 5.74) is 0. The predicted octanol–water partition coefficient (Wildman–Crippen LogP) is 3.04. The lowest BCUT2D eigenvalue weighted by molar-refractivity contribution is -0.380. The summed E-state index contributed by atoms with van der Waals surface area (Å²) in [6.07, 6.45) is 4.96. The zero-order chi connectivity index (χ0) is 10.7. The molecule has 0 unspecified atom stereocenters. The van der Waals surface area contributed by atoms with Crippen molar-refractivity contribution in [1.29, 1.82) is 0 Å². The molecule has 0 bridgehead atoms. The molecule has 0 spiro atoms. The second-order valence-corrected chi connectivity index (χ2v) is 4.81. The van der Waals surface area contributed by atoms with Gasteiger partial charge < -0.3 is 4.90 Å². The molecule has 4 nitrogen and oxygen atoms in total. The van der Waals surface area contributed by atoms with Gasteiger partial charge in [-0.15, -0.1) is 0 Å². The van der Waals surface area contributed by atoms with Gasteiger partial charge in [0.05, 0.1) is 9.92 Å². The molecule has 0 aliphatic carbocycles. The highest BCUT2D eigenvalue weighted by molar-refractivity contribution is 7.19. The lowest BCUT2D eigenvalue weighted by Crippen LogP contribution is -2.22. The fourth-order valence-electron chi connectivity index (χ4n) is 1.88. The molecule has 2 heterocycles. The highest BCUT2D eigenvalue weighted by Crippen LogP contribution is 2.32. The summed E-state index contributed by atoms with van der Waals surface area (Å²) < 4.78 is 0. The Kier molecular flexibility index (Phi) is 3.20. The van der Waals surface area contributed by atoms with E-state index in [0.29, 0.717) is 0 Å². The number of nitro groups is 1. The van der Waals surface area contributed by atoms with E-state index in [1.165, 1.54) is 37.0 Å². The van der Waals surface area contributed by atoms with Crippen LogP contribution < -0.4 is 4.90 Å². The maximum absolute atomic E-state index is 10.6. The molecule has 0 aromatic carbocycles. The highest BCUT2D eigenvalue weighted by Gasteiger charge is 2.15. The minimum atomic E-state index is -0.314. The number of hydrogen-bond donors (Lipinski definition) is 0. The number of nitrogens with zero attached hydrogens (tertiary/aromatic N) is 2. The molecule has 1 aromatic rings. The van der Waals surface area contributed by atoms with Gasteiger partial charge >= 0.3 is 5.00 Å². The van der Waals surface area contributed by atoms with E-state index in [4.69, 9.17) is 0 Å². The highest BCUT2D eigenvalue weighted by atomic mass is 32.1. The Morgan fingerprint density at radius 3 is 2.40 bits per heavy atom. The van der Waals surface area contributed by atoms with Crippen molar-refractivity contribution in [1.82, 2.24) is 0 Å². The summed E-state index contributed by atoms with van der Waals surface area (Å²) >= 11 is 1.28. The van der Waals surface area contributed by atoms with E-state index in [1.807, 2.05) is 6.07 Å². The minimum absolute atomic E-state index is 0.245. The van der Waals surface area contributed by atoms with E-state index in [1.54, 1.807) is 6.07 Å². The van der Waals surface area contributed by atoms with Crippen molar-refractivity contribution < 1.29 is 4.92 Å². The van der Waals surface area contributed by atoms with Crippen molar-refractivity contribution in [2.24, 2.45) is 0 Å². The van der Waals surface area contributed by atoms with Gasteiger partial charge in [0.2, 0.25) is 0 Å². The molecule has 1 aliphatic heterocycles. The summed E-state index contributed by atoms with van der Waals surface area (Å²) in [6, 6.07) is 3.47. The second kappa shape index (κ2) is 4.61. The third kappa shape index (κ3) is 2.47. The van der Waals surface area contributed by atoms with E-state index in [9.17, 15) is 10.1 Å². The maximum Gasteiger partial charge on any atom is 0.326 e. The van der Waals surface area contributed by atoms with Crippen molar-refractivity contribution >= 4 is 21.3 Å². The van der Waals surface area contributed by atoms with Crippen molar-refractivity contribution in [2.75, 3.05) is 18.0 Å². The molecule has 0 atom stereocenters. The largest absolute Gasteiger partial charge is 0.363 e. The Labute approximate surface area is 92.7 Å². The van der Waals surface area contributed by atoms with Crippen LogP contribution in [0.1, 0.15) is 25.7 Å². The Hall–Kier alpha value is -1.10. The first-order chi connectivity index (χ1) is 7.27. The van der Waals surface area contributed by atoms with Gasteiger partial charge in [-0.3, -0.25) is 10.1 Å². The van der Waals surface area contributed by atoms with E-state index >= 15 is 0 Å². The van der Waals surface area contributed by atoms with Crippen LogP contribution in [0, 0.1) is 10.1 Å². The predicted molar refractivity (Wildman–Crippen MR) is 61.7 cm³/mol. The smallest absolute Gasteiger partial charge is 0.326 e. The normalized spacial score (nSPS) is 17.5. The summed E-state index contributed by atoms with van der Waals surface area (Å²) in [5.74, 6) is 0. The molecule has 82 valence electrons. The monoisotopic (exact) mass is 226 g/mol. The lowest BCUT2D eigenvalue weighted by atomic mass is 10.2. The Morgan fingerprint density at radius 2 is 1.87 bits per heavy atom. The molecule has 1 aliphatic rings. The van der Waals surface area contributed by atoms with Gasteiger partial charge in [-0.05, 0) is 30.2 Å². The van der Waals surface area contributed by atoms with E-state index in [-0.39, 0.29) is 9.92 Å². The zero-order valence-electron chi connectivity index (χ0n) is 8.52. The van der Waals surface area contributed by atoms with Gasteiger partial charge in [0.25, 0.3) is 0 Å². The fourth-order valence-corrected chi connectivity index (χ4v) is 2.75. The van der Waals surface area contributed by atoms with Crippen LogP contribution >= 0.6 is 11.3 Å². The van der Waals surface area contributed by atoms with Crippen LogP contribution in [0.15, 0.2) is 12.1 Å². The SMILES string of the molecule is O=[N+]([O-])c1ccc(N2CCCCCC2)s1. The molecule has 0 saturated carbocycles. The molecule has 1 aromatic heterocycles. The number of hydrogen-bond acceptors (Lipinski definition) is 4. The van der Waals surface area contributed by atoms with Crippen LogP contribution in [-0.4, -0.2) is 18.0 Å². The molecule has 1 fully saturated rings. The first kappa shape index (κ1) is 10.4. The molecule has 5 heteroatoms. The zero-order valence-corrected chi connectivity index (χ0v) is 9.33. The van der Waals surface area contributed by atoms with Crippen LogP contribution in [-0.2, 0) is 0 Å². The van der Waals surface area contributed by atoms with Crippen LogP contribution in [0.5, 0.6) is 0 Å². The molecule has 0 amide bonds. The van der Waals surface area contributed by atoms with E-state index < -0.39 is 0 Å². The standard InChI is InChI=1S/C10H14N2O2S/c13-12(14)10-6-5-9(15-10)11-7-3-1-2-4-8-11/h5-6H,1-4,7-8H2. The molecule has 15 heavy (non-hydrogen) atoms. The van der Waals surface area contributed by atoms with Crippen LogP contribution in [0.2, 0.25) is 0 Å². The lowest BCUT2D eigenvalue weighted by Gasteiger charge is -2.19. The third-order valence-electron chi connectivity index (χ3n) is 2.68. The summed E-state index contributed by atoms with van der Waals surface area (Å²) in [4.78, 5) is 12.5. The molecular formula is C10H14N2O2S. The van der Waals surface area contributed by atoms with Gasteiger partial charge in [0.15, 0.2) is 0 Å². The van der Waals surface area contributed by atoms with Gasteiger partial charge in [-0.1, -0.05) is 12.8 Å². The third-order valence-corrected chi connectivity index (χ3v) is 3.77. The fraction of sp³-hybridized carbons (Fsp3) is 0.600. The Morgan fingerprint density at radius 1 is 1.20 bits per heavy atom. The van der Waals surface area contributed by atoms with Gasteiger partial charge in [0, 0.05) is 19.2 Å². The molecule has 2 rings (SSSR count). The van der Waals surface area contributed by atoms with Crippen LogP contribution in [0.4, 0.5) is 10.0 Å². The van der Waals surface area contributed by atoms with Crippen molar-refractivity contribution in [3.05, 3.63) is 22.2 Å². The van der Waals surface area contributed by atoms with Crippen molar-refractivity contribution in [2.45, 2.75) is 25.7 Å². The first-order valence-electron chi connectivity index (χ1n) is 5.26. The Balaban J connectivity index is 2.10. The topological polar surface area (TPSA) is 46.4 Å². The van der Waals surface area contributed by atoms with Gasteiger partial charge in [0.1, 0.15) is 0 Å². The molecule has 1 saturated heterocycles. The first-order valence-corrected chi connectivity index (χ1v) is 6.08. The molecule has 0 N–H and O–H groups in total. The van der Waals surface area contributed by atoms with E-state index in [2.05, 4.69) is 4.90 Å². The van der Waals surface area contributed by atoms with Crippen LogP contribution in [0.3, 0.4) is 0 Å². The Bertz CT molecular complexity index is 343. The van der Waals surface area contributed by atoms with E-state index in [0.717, 1.165) is 18.1 Å². The summed E-state index contributed by atoms with van der Waals surface area (Å²) in [6.45, 7) is 2.08. The molecule has 0 radical (unpaired) electrons. The van der Waals surface area contributed by atoms with Gasteiger partial charge in [-0.25, -0.2) is 0 Å².